The van der Waals surface area contributed by atoms with E-state index in [-0.39, 0.29) is 6.54 Å². The highest BCUT2D eigenvalue weighted by Crippen LogP contribution is 2.32. The van der Waals surface area contributed by atoms with Gasteiger partial charge >= 0.3 is 6.03 Å². The molecule has 7 nitrogen and oxygen atoms in total. The van der Waals surface area contributed by atoms with Crippen molar-refractivity contribution >= 4 is 17.8 Å². The lowest BCUT2D eigenvalue weighted by molar-refractivity contribution is -0.134. The van der Waals surface area contributed by atoms with Crippen molar-refractivity contribution in [2.24, 2.45) is 0 Å². The number of hydrogen-bond acceptors (Lipinski definition) is 4. The summed E-state index contributed by atoms with van der Waals surface area (Å²) in [5, 5.41) is 5.01. The number of aryl methyl sites for hydroxylation is 2. The minimum atomic E-state index is -1.20. The van der Waals surface area contributed by atoms with Crippen molar-refractivity contribution in [1.82, 2.24) is 15.5 Å². The van der Waals surface area contributed by atoms with Crippen LogP contribution in [0.15, 0.2) is 10.5 Å². The van der Waals surface area contributed by atoms with Crippen LogP contribution in [0.3, 0.4) is 0 Å². The highest BCUT2D eigenvalue weighted by atomic mass is 16.3. The van der Waals surface area contributed by atoms with Crippen molar-refractivity contribution in [2.45, 2.75) is 26.3 Å². The second-order valence-electron chi connectivity index (χ2n) is 4.95. The maximum atomic E-state index is 12.5. The molecule has 4 amide bonds. The lowest BCUT2D eigenvalue weighted by Gasteiger charge is -2.20. The second-order valence-corrected chi connectivity index (χ2v) is 4.95. The molecule has 1 fully saturated rings. The van der Waals surface area contributed by atoms with Crippen LogP contribution in [0.4, 0.5) is 4.79 Å². The van der Waals surface area contributed by atoms with Gasteiger partial charge in [0, 0.05) is 12.6 Å². The fourth-order valence-corrected chi connectivity index (χ4v) is 2.37. The van der Waals surface area contributed by atoms with E-state index in [1.807, 2.05) is 0 Å². The fourth-order valence-electron chi connectivity index (χ4n) is 2.37. The van der Waals surface area contributed by atoms with E-state index in [1.165, 1.54) is 7.05 Å². The number of urea groups is 1. The molecule has 1 atom stereocenters. The first-order chi connectivity index (χ1) is 9.29. The summed E-state index contributed by atoms with van der Waals surface area (Å²) in [5.74, 6) is 0.360. The quantitative estimate of drug-likeness (QED) is 0.784. The largest absolute Gasteiger partial charge is 0.466 e. The van der Waals surface area contributed by atoms with Crippen LogP contribution in [-0.2, 0) is 15.1 Å². The van der Waals surface area contributed by atoms with Gasteiger partial charge < -0.3 is 15.1 Å². The molecule has 0 bridgehead atoms. The number of rotatable bonds is 3. The van der Waals surface area contributed by atoms with Crippen LogP contribution in [0, 0.1) is 13.8 Å². The second kappa shape index (κ2) is 4.66. The Hall–Kier alpha value is -2.31. The van der Waals surface area contributed by atoms with Crippen LogP contribution in [0.25, 0.3) is 0 Å². The van der Waals surface area contributed by atoms with E-state index >= 15 is 0 Å². The van der Waals surface area contributed by atoms with Gasteiger partial charge in [-0.3, -0.25) is 14.5 Å². The highest BCUT2D eigenvalue weighted by Gasteiger charge is 2.50. The Balaban J connectivity index is 2.35. The molecule has 1 aliphatic rings. The molecule has 1 aliphatic heterocycles. The third-order valence-electron chi connectivity index (χ3n) is 3.44. The van der Waals surface area contributed by atoms with Crippen molar-refractivity contribution in [3.8, 4) is 0 Å². The van der Waals surface area contributed by atoms with Crippen molar-refractivity contribution in [1.29, 1.82) is 0 Å². The molecule has 0 aliphatic carbocycles. The van der Waals surface area contributed by atoms with Crippen molar-refractivity contribution < 1.29 is 18.8 Å². The number of carbonyl (C=O) groups is 3. The van der Waals surface area contributed by atoms with E-state index in [9.17, 15) is 14.4 Å². The minimum absolute atomic E-state index is 0.299. The predicted molar refractivity (Wildman–Crippen MR) is 69.8 cm³/mol. The Morgan fingerprint density at radius 1 is 1.45 bits per heavy atom. The van der Waals surface area contributed by atoms with Crippen molar-refractivity contribution in [3.63, 3.8) is 0 Å². The number of imide groups is 1. The van der Waals surface area contributed by atoms with Crippen molar-refractivity contribution in [3.05, 3.63) is 23.2 Å². The van der Waals surface area contributed by atoms with Crippen LogP contribution in [-0.4, -0.2) is 36.3 Å². The fraction of sp³-hybridized carbons (Fsp3) is 0.462. The Morgan fingerprint density at radius 2 is 2.10 bits per heavy atom. The van der Waals surface area contributed by atoms with Crippen LogP contribution >= 0.6 is 0 Å². The van der Waals surface area contributed by atoms with Crippen LogP contribution in [0.5, 0.6) is 0 Å². The molecule has 7 heteroatoms. The predicted octanol–water partition coefficient (Wildman–Crippen LogP) is 0.409. The standard InChI is InChI=1S/C13H17N3O4/c1-7-5-9(8(2)20-7)13(3)11(18)16(12(19)15-13)6-10(17)14-4/h5H,6H2,1-4H3,(H,14,17)(H,15,19). The van der Waals surface area contributed by atoms with Gasteiger partial charge in [0.05, 0.1) is 0 Å². The number of likely N-dealkylation sites (N-methyl/N-ethyl adjacent to an activating group) is 1. The molecular formula is C13H17N3O4. The van der Waals surface area contributed by atoms with Gasteiger partial charge in [0.15, 0.2) is 0 Å². The number of hydrogen-bond donors (Lipinski definition) is 2. The smallest absolute Gasteiger partial charge is 0.325 e. The van der Waals surface area contributed by atoms with E-state index in [1.54, 1.807) is 26.8 Å². The zero-order chi connectivity index (χ0) is 15.1. The summed E-state index contributed by atoms with van der Waals surface area (Å²) in [7, 11) is 1.45. The molecule has 20 heavy (non-hydrogen) atoms. The Bertz CT molecular complexity index is 592. The van der Waals surface area contributed by atoms with E-state index in [4.69, 9.17) is 4.42 Å². The van der Waals surface area contributed by atoms with Gasteiger partial charge in [-0.05, 0) is 26.8 Å². The molecule has 2 rings (SSSR count). The van der Waals surface area contributed by atoms with E-state index in [2.05, 4.69) is 10.6 Å². The SMILES string of the molecule is CNC(=O)CN1C(=O)NC(C)(c2cc(C)oc2C)C1=O. The van der Waals surface area contributed by atoms with Crippen LogP contribution in [0.1, 0.15) is 24.0 Å². The summed E-state index contributed by atoms with van der Waals surface area (Å²) in [4.78, 5) is 36.7. The molecule has 1 unspecified atom stereocenters. The van der Waals surface area contributed by atoms with Crippen molar-refractivity contribution in [2.75, 3.05) is 13.6 Å². The summed E-state index contributed by atoms with van der Waals surface area (Å²) in [6.07, 6.45) is 0. The normalized spacial score (nSPS) is 22.1. The highest BCUT2D eigenvalue weighted by molar-refractivity contribution is 6.09. The van der Waals surface area contributed by atoms with Gasteiger partial charge in [0.25, 0.3) is 5.91 Å². The Kier molecular flexibility index (Phi) is 3.29. The summed E-state index contributed by atoms with van der Waals surface area (Å²) in [6.45, 7) is 4.80. The molecule has 2 N–H and O–H groups in total. The summed E-state index contributed by atoms with van der Waals surface area (Å²) in [6, 6.07) is 1.14. The molecule has 2 heterocycles. The molecular weight excluding hydrogens is 262 g/mol. The first kappa shape index (κ1) is 14.1. The zero-order valence-corrected chi connectivity index (χ0v) is 11.9. The Morgan fingerprint density at radius 3 is 2.60 bits per heavy atom. The van der Waals surface area contributed by atoms with Gasteiger partial charge in [-0.25, -0.2) is 4.79 Å². The number of furan rings is 1. The first-order valence-corrected chi connectivity index (χ1v) is 6.21. The van der Waals surface area contributed by atoms with Gasteiger partial charge in [-0.1, -0.05) is 0 Å². The molecule has 0 radical (unpaired) electrons. The average Bonchev–Trinajstić information content (AvgIpc) is 2.82. The summed E-state index contributed by atoms with van der Waals surface area (Å²) < 4.78 is 5.41. The van der Waals surface area contributed by atoms with E-state index < -0.39 is 23.4 Å². The third-order valence-corrected chi connectivity index (χ3v) is 3.44. The topological polar surface area (TPSA) is 91.7 Å². The third kappa shape index (κ3) is 2.04. The van der Waals surface area contributed by atoms with Gasteiger partial charge in [-0.15, -0.1) is 0 Å². The van der Waals surface area contributed by atoms with Gasteiger partial charge in [0.2, 0.25) is 5.91 Å². The number of nitrogens with one attached hydrogen (secondary N) is 2. The maximum Gasteiger partial charge on any atom is 0.325 e. The van der Waals surface area contributed by atoms with Gasteiger partial charge in [-0.2, -0.15) is 0 Å². The van der Waals surface area contributed by atoms with E-state index in [0.717, 1.165) is 4.90 Å². The van der Waals surface area contributed by atoms with Gasteiger partial charge in [0.1, 0.15) is 23.6 Å². The summed E-state index contributed by atoms with van der Waals surface area (Å²) >= 11 is 0. The zero-order valence-electron chi connectivity index (χ0n) is 11.9. The van der Waals surface area contributed by atoms with E-state index in [0.29, 0.717) is 17.1 Å². The maximum absolute atomic E-state index is 12.5. The first-order valence-electron chi connectivity index (χ1n) is 6.21. The minimum Gasteiger partial charge on any atom is -0.466 e. The molecule has 108 valence electrons. The Labute approximate surface area is 116 Å². The number of carbonyl (C=O) groups excluding carboxylic acids is 3. The molecule has 0 aromatic carbocycles. The lowest BCUT2D eigenvalue weighted by atomic mass is 9.92. The molecule has 0 saturated carbocycles. The molecule has 1 aromatic rings. The summed E-state index contributed by atoms with van der Waals surface area (Å²) in [5.41, 5.74) is -0.597. The van der Waals surface area contributed by atoms with Crippen LogP contribution in [0.2, 0.25) is 0 Å². The molecule has 1 saturated heterocycles. The van der Waals surface area contributed by atoms with Crippen LogP contribution < -0.4 is 10.6 Å². The number of nitrogens with zero attached hydrogens (tertiary/aromatic N) is 1. The molecule has 0 spiro atoms. The lowest BCUT2D eigenvalue weighted by Crippen LogP contribution is -2.42. The average molecular weight is 279 g/mol. The number of amides is 4. The molecule has 1 aromatic heterocycles. The monoisotopic (exact) mass is 279 g/mol.